The Morgan fingerprint density at radius 1 is 1.19 bits per heavy atom. The average molecular weight is 220 g/mol. The maximum atomic E-state index is 11.6. The number of amides is 2. The molecule has 0 aliphatic rings. The Kier molecular flexibility index (Phi) is 4.51. The van der Waals surface area contributed by atoms with Crippen molar-refractivity contribution in [1.29, 1.82) is 0 Å². The predicted molar refractivity (Wildman–Crippen MR) is 61.7 cm³/mol. The van der Waals surface area contributed by atoms with Crippen LogP contribution in [0.25, 0.3) is 0 Å². The summed E-state index contributed by atoms with van der Waals surface area (Å²) in [6.07, 6.45) is 1.17. The van der Waals surface area contributed by atoms with Gasteiger partial charge in [0.15, 0.2) is 0 Å². The van der Waals surface area contributed by atoms with Gasteiger partial charge in [0.25, 0.3) is 5.91 Å². The fraction of sp³-hybridized carbons (Fsp3) is 0.333. The molecule has 4 heteroatoms. The van der Waals surface area contributed by atoms with Crippen molar-refractivity contribution in [1.82, 2.24) is 10.9 Å². The summed E-state index contributed by atoms with van der Waals surface area (Å²) in [6, 6.07) is 7.22. The minimum absolute atomic E-state index is 0.176. The third-order valence-electron chi connectivity index (χ3n) is 2.18. The molecule has 1 aromatic carbocycles. The number of carbonyl (C=O) groups is 2. The summed E-state index contributed by atoms with van der Waals surface area (Å²) in [5, 5.41) is 0. The minimum atomic E-state index is -0.289. The zero-order valence-electron chi connectivity index (χ0n) is 9.54. The Bertz CT molecular complexity index is 388. The van der Waals surface area contributed by atoms with E-state index in [4.69, 9.17) is 0 Å². The molecule has 0 unspecified atom stereocenters. The molecule has 0 spiro atoms. The van der Waals surface area contributed by atoms with Gasteiger partial charge < -0.3 is 0 Å². The second kappa shape index (κ2) is 5.90. The number of hydrogen-bond acceptors (Lipinski definition) is 2. The number of hydrogen-bond donors (Lipinski definition) is 2. The van der Waals surface area contributed by atoms with Crippen LogP contribution in [0.3, 0.4) is 0 Å². The second-order valence-electron chi connectivity index (χ2n) is 3.57. The van der Waals surface area contributed by atoms with E-state index in [2.05, 4.69) is 10.9 Å². The standard InChI is InChI=1S/C12H16N2O2/c1-3-6-11(15)13-14-12(16)10-8-5-4-7-9(10)2/h4-5,7-8H,3,6H2,1-2H3,(H,13,15)(H,14,16). The van der Waals surface area contributed by atoms with Gasteiger partial charge in [-0.05, 0) is 25.0 Å². The average Bonchev–Trinajstić information content (AvgIpc) is 2.27. The van der Waals surface area contributed by atoms with E-state index in [0.717, 1.165) is 12.0 Å². The largest absolute Gasteiger partial charge is 0.273 e. The SMILES string of the molecule is CCCC(=O)NNC(=O)c1ccccc1C. The van der Waals surface area contributed by atoms with Crippen LogP contribution in [0.15, 0.2) is 24.3 Å². The zero-order chi connectivity index (χ0) is 12.0. The number of carbonyl (C=O) groups excluding carboxylic acids is 2. The van der Waals surface area contributed by atoms with Crippen molar-refractivity contribution in [2.45, 2.75) is 26.7 Å². The summed E-state index contributed by atoms with van der Waals surface area (Å²) in [5.41, 5.74) is 6.20. The molecule has 0 fully saturated rings. The minimum Gasteiger partial charge on any atom is -0.273 e. The van der Waals surface area contributed by atoms with E-state index < -0.39 is 0 Å². The van der Waals surface area contributed by atoms with Gasteiger partial charge in [-0.3, -0.25) is 20.4 Å². The summed E-state index contributed by atoms with van der Waals surface area (Å²) in [7, 11) is 0. The number of rotatable bonds is 3. The normalized spacial score (nSPS) is 9.62. The lowest BCUT2D eigenvalue weighted by atomic mass is 10.1. The highest BCUT2D eigenvalue weighted by molar-refractivity contribution is 5.96. The molecule has 16 heavy (non-hydrogen) atoms. The van der Waals surface area contributed by atoms with Crippen LogP contribution in [0.2, 0.25) is 0 Å². The lowest BCUT2D eigenvalue weighted by Crippen LogP contribution is -2.41. The quantitative estimate of drug-likeness (QED) is 0.759. The van der Waals surface area contributed by atoms with Crippen LogP contribution < -0.4 is 10.9 Å². The Morgan fingerprint density at radius 2 is 1.88 bits per heavy atom. The highest BCUT2D eigenvalue weighted by Gasteiger charge is 2.08. The van der Waals surface area contributed by atoms with Gasteiger partial charge in [-0.25, -0.2) is 0 Å². The topological polar surface area (TPSA) is 58.2 Å². The molecule has 4 nitrogen and oxygen atoms in total. The van der Waals surface area contributed by atoms with E-state index in [1.165, 1.54) is 0 Å². The molecule has 1 rings (SSSR count). The lowest BCUT2D eigenvalue weighted by molar-refractivity contribution is -0.121. The van der Waals surface area contributed by atoms with Crippen LogP contribution >= 0.6 is 0 Å². The highest BCUT2D eigenvalue weighted by atomic mass is 16.2. The van der Waals surface area contributed by atoms with Crippen LogP contribution in [0, 0.1) is 6.92 Å². The maximum Gasteiger partial charge on any atom is 0.269 e. The van der Waals surface area contributed by atoms with Crippen LogP contribution in [0.1, 0.15) is 35.7 Å². The van der Waals surface area contributed by atoms with Crippen molar-refractivity contribution < 1.29 is 9.59 Å². The van der Waals surface area contributed by atoms with Crippen LogP contribution in [0.5, 0.6) is 0 Å². The molecule has 0 aromatic heterocycles. The third-order valence-corrected chi connectivity index (χ3v) is 2.18. The van der Waals surface area contributed by atoms with E-state index in [1.54, 1.807) is 12.1 Å². The molecule has 2 N–H and O–H groups in total. The molecule has 86 valence electrons. The Labute approximate surface area is 95.0 Å². The first kappa shape index (κ1) is 12.2. The van der Waals surface area contributed by atoms with Crippen molar-refractivity contribution in [3.63, 3.8) is 0 Å². The molecule has 0 heterocycles. The molecule has 0 atom stereocenters. The van der Waals surface area contributed by atoms with Gasteiger partial charge in [-0.2, -0.15) is 0 Å². The highest BCUT2D eigenvalue weighted by Crippen LogP contribution is 2.05. The van der Waals surface area contributed by atoms with Crippen molar-refractivity contribution in [3.05, 3.63) is 35.4 Å². The van der Waals surface area contributed by atoms with E-state index in [9.17, 15) is 9.59 Å². The predicted octanol–water partition coefficient (Wildman–Crippen LogP) is 1.56. The van der Waals surface area contributed by atoms with Gasteiger partial charge >= 0.3 is 0 Å². The number of hydrazine groups is 1. The van der Waals surface area contributed by atoms with Crippen molar-refractivity contribution in [3.8, 4) is 0 Å². The number of aryl methyl sites for hydroxylation is 1. The van der Waals surface area contributed by atoms with Crippen molar-refractivity contribution >= 4 is 11.8 Å². The monoisotopic (exact) mass is 220 g/mol. The van der Waals surface area contributed by atoms with Crippen molar-refractivity contribution in [2.75, 3.05) is 0 Å². The molecular formula is C12H16N2O2. The molecule has 0 bridgehead atoms. The number of nitrogens with one attached hydrogen (secondary N) is 2. The molecule has 0 aliphatic carbocycles. The van der Waals surface area contributed by atoms with Crippen LogP contribution in [0.4, 0.5) is 0 Å². The van der Waals surface area contributed by atoms with Gasteiger partial charge in [0.1, 0.15) is 0 Å². The Hall–Kier alpha value is -1.84. The van der Waals surface area contributed by atoms with E-state index >= 15 is 0 Å². The fourth-order valence-electron chi connectivity index (χ4n) is 1.31. The van der Waals surface area contributed by atoms with E-state index in [-0.39, 0.29) is 11.8 Å². The Morgan fingerprint density at radius 3 is 2.50 bits per heavy atom. The lowest BCUT2D eigenvalue weighted by Gasteiger charge is -2.08. The smallest absolute Gasteiger partial charge is 0.269 e. The first-order valence-corrected chi connectivity index (χ1v) is 5.30. The van der Waals surface area contributed by atoms with Gasteiger partial charge in [-0.15, -0.1) is 0 Å². The fourth-order valence-corrected chi connectivity index (χ4v) is 1.31. The Balaban J connectivity index is 2.54. The summed E-state index contributed by atoms with van der Waals surface area (Å²) >= 11 is 0. The summed E-state index contributed by atoms with van der Waals surface area (Å²) in [6.45, 7) is 3.76. The van der Waals surface area contributed by atoms with Crippen LogP contribution in [-0.2, 0) is 4.79 Å². The van der Waals surface area contributed by atoms with Gasteiger partial charge in [0.05, 0.1) is 0 Å². The molecule has 0 saturated carbocycles. The van der Waals surface area contributed by atoms with E-state index in [0.29, 0.717) is 12.0 Å². The molecule has 2 amide bonds. The number of benzene rings is 1. The second-order valence-corrected chi connectivity index (χ2v) is 3.57. The summed E-state index contributed by atoms with van der Waals surface area (Å²) in [5.74, 6) is -0.466. The maximum absolute atomic E-state index is 11.6. The molecule has 0 aliphatic heterocycles. The van der Waals surface area contributed by atoms with Crippen molar-refractivity contribution in [2.24, 2.45) is 0 Å². The first-order chi connectivity index (χ1) is 7.65. The summed E-state index contributed by atoms with van der Waals surface area (Å²) < 4.78 is 0. The van der Waals surface area contributed by atoms with Gasteiger partial charge in [-0.1, -0.05) is 25.1 Å². The zero-order valence-corrected chi connectivity index (χ0v) is 9.54. The van der Waals surface area contributed by atoms with Crippen LogP contribution in [-0.4, -0.2) is 11.8 Å². The summed E-state index contributed by atoms with van der Waals surface area (Å²) in [4.78, 5) is 22.8. The molecule has 0 radical (unpaired) electrons. The van der Waals surface area contributed by atoms with E-state index in [1.807, 2.05) is 26.0 Å². The molecule has 1 aromatic rings. The molecular weight excluding hydrogens is 204 g/mol. The molecule has 0 saturated heterocycles. The van der Waals surface area contributed by atoms with Gasteiger partial charge in [0, 0.05) is 12.0 Å². The first-order valence-electron chi connectivity index (χ1n) is 5.30. The van der Waals surface area contributed by atoms with Gasteiger partial charge in [0.2, 0.25) is 5.91 Å². The third kappa shape index (κ3) is 3.38.